The van der Waals surface area contributed by atoms with Crippen LogP contribution >= 0.6 is 67.8 Å². The van der Waals surface area contributed by atoms with Gasteiger partial charge in [0.2, 0.25) is 0 Å². The summed E-state index contributed by atoms with van der Waals surface area (Å²) in [4.78, 5) is 37.4. The molecule has 1 aromatic carbocycles. The van der Waals surface area contributed by atoms with Crippen LogP contribution in [-0.2, 0) is 28.5 Å². The van der Waals surface area contributed by atoms with Gasteiger partial charge < -0.3 is 24.1 Å². The average Bonchev–Trinajstić information content (AvgIpc) is 3.54. The molecule has 2 unspecified atom stereocenters. The van der Waals surface area contributed by atoms with Crippen LogP contribution in [0.4, 0.5) is 0 Å². The number of halogens is 3. The minimum atomic E-state index is -1.18. The van der Waals surface area contributed by atoms with E-state index in [9.17, 15) is 19.5 Å². The van der Waals surface area contributed by atoms with Crippen LogP contribution in [0, 0.1) is 21.5 Å². The van der Waals surface area contributed by atoms with Crippen LogP contribution < -0.4 is 0 Å². The molecule has 2 atom stereocenters. The van der Waals surface area contributed by atoms with Crippen molar-refractivity contribution < 1.29 is 38.4 Å². The molecule has 184 valence electrons. The Morgan fingerprint density at radius 3 is 2.15 bits per heavy atom. The van der Waals surface area contributed by atoms with Crippen LogP contribution in [0.1, 0.15) is 44.5 Å². The van der Waals surface area contributed by atoms with Crippen LogP contribution in [0.15, 0.2) is 12.1 Å². The average molecular weight is 800 g/mol. The van der Waals surface area contributed by atoms with E-state index in [1.807, 2.05) is 6.07 Å². The zero-order valence-electron chi connectivity index (χ0n) is 18.8. The molecule has 11 heteroatoms. The summed E-state index contributed by atoms with van der Waals surface area (Å²) >= 11 is 6.33. The van der Waals surface area contributed by atoms with Crippen molar-refractivity contribution in [3.8, 4) is 0 Å². The van der Waals surface area contributed by atoms with Crippen molar-refractivity contribution in [2.45, 2.75) is 46.3 Å². The van der Waals surface area contributed by atoms with Crippen molar-refractivity contribution in [1.82, 2.24) is 0 Å². The van der Waals surface area contributed by atoms with E-state index in [1.54, 1.807) is 33.8 Å². The van der Waals surface area contributed by atoms with Gasteiger partial charge in [0.25, 0.3) is 0 Å². The predicted molar refractivity (Wildman–Crippen MR) is 145 cm³/mol. The van der Waals surface area contributed by atoms with E-state index in [0.29, 0.717) is 12.2 Å². The lowest BCUT2D eigenvalue weighted by molar-refractivity contribution is -0.164. The first-order valence-electron chi connectivity index (χ1n) is 10.2. The number of rotatable bonds is 11. The van der Waals surface area contributed by atoms with Gasteiger partial charge in [-0.2, -0.15) is 0 Å². The summed E-state index contributed by atoms with van der Waals surface area (Å²) in [5.74, 6) is -1.54. The first-order chi connectivity index (χ1) is 15.2. The summed E-state index contributed by atoms with van der Waals surface area (Å²) < 4.78 is 23.3. The summed E-state index contributed by atoms with van der Waals surface area (Å²) in [5.41, 5.74) is -1.49. The van der Waals surface area contributed by atoms with E-state index in [-0.39, 0.29) is 32.3 Å². The van der Waals surface area contributed by atoms with Gasteiger partial charge in [-0.15, -0.1) is 0 Å². The van der Waals surface area contributed by atoms with Crippen LogP contribution in [-0.4, -0.2) is 61.6 Å². The summed E-state index contributed by atoms with van der Waals surface area (Å²) in [7, 11) is 0. The Kier molecular flexibility index (Phi) is 10.6. The molecule has 0 radical (unpaired) electrons. The topological polar surface area (TPSA) is 112 Å². The number of aliphatic hydroxyl groups is 1. The molecule has 1 fully saturated rings. The number of hydrogen-bond acceptors (Lipinski definition) is 8. The second-order valence-electron chi connectivity index (χ2n) is 9.10. The quantitative estimate of drug-likeness (QED) is 0.118. The molecule has 0 aromatic heterocycles. The predicted octanol–water partition coefficient (Wildman–Crippen LogP) is 3.95. The number of epoxide rings is 1. The normalized spacial score (nSPS) is 16.7. The van der Waals surface area contributed by atoms with E-state index in [4.69, 9.17) is 18.9 Å². The summed E-state index contributed by atoms with van der Waals surface area (Å²) in [6, 6.07) is 3.66. The Morgan fingerprint density at radius 1 is 1.03 bits per heavy atom. The van der Waals surface area contributed by atoms with Crippen LogP contribution in [0.5, 0.6) is 0 Å². The third-order valence-electron chi connectivity index (χ3n) is 4.82. The maximum absolute atomic E-state index is 12.6. The number of carbonyl (C=O) groups is 3. The molecule has 1 saturated heterocycles. The molecule has 0 amide bonds. The van der Waals surface area contributed by atoms with Gasteiger partial charge in [0.05, 0.1) is 23.0 Å². The molecular weight excluding hydrogens is 773 g/mol. The third kappa shape index (κ3) is 9.04. The van der Waals surface area contributed by atoms with Gasteiger partial charge in [-0.1, -0.05) is 0 Å². The smallest absolute Gasteiger partial charge is 0.339 e. The highest BCUT2D eigenvalue weighted by atomic mass is 127. The standard InChI is InChI=1S/C22H27I3O8/c1-21(2,11-22(3,4)20(29)33-10-14-9-30-14)19(28)32-8-13(26)7-31-18(27)15-5-12(23)6-16(24)17(15)25/h5-6,13-14,26H,7-11H2,1-4H3. The first kappa shape index (κ1) is 29.0. The van der Waals surface area contributed by atoms with E-state index in [1.165, 1.54) is 0 Å². The molecule has 0 spiro atoms. The monoisotopic (exact) mass is 800 g/mol. The number of aliphatic hydroxyl groups excluding tert-OH is 1. The number of hydrogen-bond donors (Lipinski definition) is 1. The molecule has 1 aliphatic heterocycles. The number of esters is 3. The number of carbonyl (C=O) groups excluding carboxylic acids is 3. The molecule has 0 bridgehead atoms. The number of ether oxygens (including phenoxy) is 4. The van der Waals surface area contributed by atoms with Crippen LogP contribution in [0.2, 0.25) is 0 Å². The fourth-order valence-corrected chi connectivity index (χ4v) is 5.52. The zero-order chi connectivity index (χ0) is 25.0. The molecule has 2 rings (SSSR count). The highest BCUT2D eigenvalue weighted by Crippen LogP contribution is 2.36. The minimum absolute atomic E-state index is 0.0316. The molecule has 8 nitrogen and oxygen atoms in total. The number of benzene rings is 1. The molecule has 1 N–H and O–H groups in total. The molecule has 33 heavy (non-hydrogen) atoms. The van der Waals surface area contributed by atoms with Crippen LogP contribution in [0.3, 0.4) is 0 Å². The van der Waals surface area contributed by atoms with Gasteiger partial charge >= 0.3 is 17.9 Å². The summed E-state index contributed by atoms with van der Waals surface area (Å²) in [6.45, 7) is 6.90. The maximum Gasteiger partial charge on any atom is 0.339 e. The lowest BCUT2D eigenvalue weighted by atomic mass is 9.75. The first-order valence-corrected chi connectivity index (χ1v) is 13.4. The van der Waals surface area contributed by atoms with Gasteiger partial charge in [0, 0.05) is 10.7 Å². The highest BCUT2D eigenvalue weighted by Gasteiger charge is 2.41. The van der Waals surface area contributed by atoms with Crippen molar-refractivity contribution in [1.29, 1.82) is 0 Å². The van der Waals surface area contributed by atoms with Crippen molar-refractivity contribution >= 4 is 85.7 Å². The molecular formula is C22H27I3O8. The van der Waals surface area contributed by atoms with Crippen LogP contribution in [0.25, 0.3) is 0 Å². The third-order valence-corrected chi connectivity index (χ3v) is 8.49. The Bertz CT molecular complexity index is 896. The maximum atomic E-state index is 12.6. The minimum Gasteiger partial charge on any atom is -0.462 e. The van der Waals surface area contributed by atoms with Gasteiger partial charge in [-0.25, -0.2) is 4.79 Å². The van der Waals surface area contributed by atoms with Crippen molar-refractivity contribution in [2.24, 2.45) is 10.8 Å². The SMILES string of the molecule is CC(C)(CC(C)(C)C(=O)OCC1CO1)C(=O)OCC(O)COC(=O)c1cc(I)cc(I)c1I. The van der Waals surface area contributed by atoms with Crippen molar-refractivity contribution in [3.63, 3.8) is 0 Å². The molecule has 1 aromatic rings. The van der Waals surface area contributed by atoms with E-state index in [2.05, 4.69) is 67.8 Å². The van der Waals surface area contributed by atoms with Gasteiger partial charge in [0.1, 0.15) is 32.0 Å². The highest BCUT2D eigenvalue weighted by molar-refractivity contribution is 14.1. The van der Waals surface area contributed by atoms with E-state index < -0.39 is 34.8 Å². The molecule has 1 aliphatic rings. The summed E-state index contributed by atoms with van der Waals surface area (Å²) in [5, 5.41) is 10.1. The van der Waals surface area contributed by atoms with Gasteiger partial charge in [-0.05, 0) is 114 Å². The van der Waals surface area contributed by atoms with Crippen molar-refractivity contribution in [2.75, 3.05) is 26.4 Å². The Hall–Kier alpha value is -0.260. The molecule has 0 saturated carbocycles. The Balaban J connectivity index is 1.82. The Labute approximate surface area is 234 Å². The van der Waals surface area contributed by atoms with E-state index >= 15 is 0 Å². The zero-order valence-corrected chi connectivity index (χ0v) is 25.3. The largest absolute Gasteiger partial charge is 0.462 e. The molecule has 1 heterocycles. The Morgan fingerprint density at radius 2 is 1.58 bits per heavy atom. The second kappa shape index (κ2) is 12.1. The van der Waals surface area contributed by atoms with Gasteiger partial charge in [-0.3, -0.25) is 9.59 Å². The van der Waals surface area contributed by atoms with Gasteiger partial charge in [0.15, 0.2) is 0 Å². The lowest BCUT2D eigenvalue weighted by Gasteiger charge is -2.31. The van der Waals surface area contributed by atoms with Crippen molar-refractivity contribution in [3.05, 3.63) is 28.4 Å². The summed E-state index contributed by atoms with van der Waals surface area (Å²) in [6.07, 6.45) is -1.02. The molecule has 0 aliphatic carbocycles. The van der Waals surface area contributed by atoms with E-state index in [0.717, 1.165) is 10.7 Å². The lowest BCUT2D eigenvalue weighted by Crippen LogP contribution is -2.38. The second-order valence-corrected chi connectivity index (χ2v) is 12.6. The fourth-order valence-electron chi connectivity index (χ4n) is 3.15. The fraction of sp³-hybridized carbons (Fsp3) is 0.591.